The maximum Gasteiger partial charge on any atom is 0.306 e. The van der Waals surface area contributed by atoms with E-state index in [9.17, 15) is 19.5 Å². The van der Waals surface area contributed by atoms with Crippen LogP contribution < -0.4 is 0 Å². The van der Waals surface area contributed by atoms with Crippen LogP contribution in [-0.4, -0.2) is 54.2 Å². The van der Waals surface area contributed by atoms with Gasteiger partial charge in [-0.3, -0.25) is 14.4 Å². The van der Waals surface area contributed by atoms with Gasteiger partial charge in [0.25, 0.3) is 0 Å². The first kappa shape index (κ1) is 18.4. The average Bonchev–Trinajstić information content (AvgIpc) is 2.52. The van der Waals surface area contributed by atoms with Crippen LogP contribution in [0.4, 0.5) is 0 Å². The molecule has 1 rings (SSSR count). The largest absolute Gasteiger partial charge is 0.456 e. The lowest BCUT2D eigenvalue weighted by Crippen LogP contribution is -2.57. The Morgan fingerprint density at radius 1 is 0.909 bits per heavy atom. The molecule has 0 radical (unpaired) electrons. The van der Waals surface area contributed by atoms with Crippen LogP contribution in [0.1, 0.15) is 40.0 Å². The summed E-state index contributed by atoms with van der Waals surface area (Å²) in [5, 5.41) is 9.85. The van der Waals surface area contributed by atoms with Crippen molar-refractivity contribution in [2.75, 3.05) is 6.61 Å². The first-order valence-corrected chi connectivity index (χ1v) is 7.30. The summed E-state index contributed by atoms with van der Waals surface area (Å²) >= 11 is 0. The zero-order valence-electron chi connectivity index (χ0n) is 12.9. The number of carbonyl (C=O) groups is 3. The minimum Gasteiger partial charge on any atom is -0.456 e. The monoisotopic (exact) mass is 318 g/mol. The molecule has 0 saturated carbocycles. The van der Waals surface area contributed by atoms with Crippen LogP contribution in [0.3, 0.4) is 0 Å². The second-order valence-electron chi connectivity index (χ2n) is 4.72. The molecule has 1 aliphatic heterocycles. The molecule has 0 amide bonds. The second kappa shape index (κ2) is 8.70. The minimum absolute atomic E-state index is 0.0804. The Kier molecular flexibility index (Phi) is 7.26. The zero-order chi connectivity index (χ0) is 16.7. The predicted octanol–water partition coefficient (Wildman–Crippen LogP) is 0.300. The number of rotatable bonds is 6. The van der Waals surface area contributed by atoms with Gasteiger partial charge in [-0.1, -0.05) is 20.8 Å². The van der Waals surface area contributed by atoms with Crippen molar-refractivity contribution in [3.8, 4) is 0 Å². The highest BCUT2D eigenvalue weighted by Gasteiger charge is 2.46. The van der Waals surface area contributed by atoms with Gasteiger partial charge in [0.15, 0.2) is 24.6 Å². The summed E-state index contributed by atoms with van der Waals surface area (Å²) in [5.74, 6) is -1.66. The van der Waals surface area contributed by atoms with Gasteiger partial charge in [0.05, 0.1) is 6.61 Å². The molecule has 126 valence electrons. The van der Waals surface area contributed by atoms with Gasteiger partial charge in [0.2, 0.25) is 0 Å². The van der Waals surface area contributed by atoms with Crippen LogP contribution in [-0.2, 0) is 33.3 Å². The Bertz CT molecular complexity index is 408. The van der Waals surface area contributed by atoms with Crippen LogP contribution >= 0.6 is 0 Å². The topological polar surface area (TPSA) is 108 Å². The highest BCUT2D eigenvalue weighted by atomic mass is 16.7. The van der Waals surface area contributed by atoms with Gasteiger partial charge in [0.1, 0.15) is 0 Å². The molecule has 1 fully saturated rings. The summed E-state index contributed by atoms with van der Waals surface area (Å²) in [6, 6.07) is 0. The van der Waals surface area contributed by atoms with Gasteiger partial charge in [-0.15, -0.1) is 0 Å². The van der Waals surface area contributed by atoms with E-state index in [1.54, 1.807) is 20.8 Å². The lowest BCUT2D eigenvalue weighted by Gasteiger charge is -2.38. The molecule has 1 aliphatic rings. The molecule has 1 N–H and O–H groups in total. The molecule has 0 aromatic heterocycles. The van der Waals surface area contributed by atoms with Crippen molar-refractivity contribution in [2.24, 2.45) is 0 Å². The number of ether oxygens (including phenoxy) is 4. The predicted molar refractivity (Wildman–Crippen MR) is 72.5 cm³/mol. The van der Waals surface area contributed by atoms with Gasteiger partial charge in [-0.2, -0.15) is 0 Å². The highest BCUT2D eigenvalue weighted by Crippen LogP contribution is 2.24. The van der Waals surface area contributed by atoms with E-state index in [1.165, 1.54) is 0 Å². The maximum absolute atomic E-state index is 11.6. The van der Waals surface area contributed by atoms with E-state index < -0.39 is 42.5 Å². The molecule has 8 heteroatoms. The summed E-state index contributed by atoms with van der Waals surface area (Å²) in [4.78, 5) is 34.5. The lowest BCUT2D eigenvalue weighted by molar-refractivity contribution is -0.268. The van der Waals surface area contributed by atoms with E-state index in [4.69, 9.17) is 18.9 Å². The Hall–Kier alpha value is -1.67. The Labute approximate surface area is 128 Å². The summed E-state index contributed by atoms with van der Waals surface area (Å²) in [7, 11) is 0. The standard InChI is InChI=1S/C14H22O8/c1-4-9(15)20-8-7-19-14(18)13(22-11(17)6-3)12(8)21-10(16)5-2/h8,12-14,18H,4-7H2,1-3H3/t8-,12+,13-,14+/m1/s1. The third-order valence-corrected chi connectivity index (χ3v) is 3.09. The third kappa shape index (κ3) is 4.96. The number of carbonyl (C=O) groups excluding carboxylic acids is 3. The molecular weight excluding hydrogens is 296 g/mol. The number of esters is 3. The molecule has 0 aromatic rings. The third-order valence-electron chi connectivity index (χ3n) is 3.09. The molecule has 8 nitrogen and oxygen atoms in total. The van der Waals surface area contributed by atoms with Gasteiger partial charge >= 0.3 is 17.9 Å². The molecule has 1 heterocycles. The van der Waals surface area contributed by atoms with E-state index in [1.807, 2.05) is 0 Å². The van der Waals surface area contributed by atoms with E-state index in [0.717, 1.165) is 0 Å². The minimum atomic E-state index is -1.46. The Balaban J connectivity index is 2.92. The summed E-state index contributed by atoms with van der Waals surface area (Å²) in [5.41, 5.74) is 0. The quantitative estimate of drug-likeness (QED) is 0.550. The normalized spacial score (nSPS) is 27.8. The van der Waals surface area contributed by atoms with Gasteiger partial charge in [-0.25, -0.2) is 0 Å². The molecular formula is C14H22O8. The molecule has 1 saturated heterocycles. The smallest absolute Gasteiger partial charge is 0.306 e. The first-order valence-electron chi connectivity index (χ1n) is 7.30. The van der Waals surface area contributed by atoms with Crippen LogP contribution in [0.5, 0.6) is 0 Å². The molecule has 0 bridgehead atoms. The first-order chi connectivity index (χ1) is 10.4. The summed E-state index contributed by atoms with van der Waals surface area (Å²) < 4.78 is 20.5. The van der Waals surface area contributed by atoms with Crippen LogP contribution in [0, 0.1) is 0 Å². The Morgan fingerprint density at radius 3 is 1.86 bits per heavy atom. The number of hydrogen-bond acceptors (Lipinski definition) is 8. The van der Waals surface area contributed by atoms with Crippen molar-refractivity contribution >= 4 is 17.9 Å². The maximum atomic E-state index is 11.6. The van der Waals surface area contributed by atoms with Crippen LogP contribution in [0.25, 0.3) is 0 Å². The van der Waals surface area contributed by atoms with Crippen LogP contribution in [0.2, 0.25) is 0 Å². The fraction of sp³-hybridized carbons (Fsp3) is 0.786. The van der Waals surface area contributed by atoms with Gasteiger partial charge in [0, 0.05) is 19.3 Å². The number of hydrogen-bond donors (Lipinski definition) is 1. The van der Waals surface area contributed by atoms with E-state index in [2.05, 4.69) is 0 Å². The van der Waals surface area contributed by atoms with Crippen molar-refractivity contribution in [1.82, 2.24) is 0 Å². The zero-order valence-corrected chi connectivity index (χ0v) is 12.9. The van der Waals surface area contributed by atoms with Crippen molar-refractivity contribution in [3.05, 3.63) is 0 Å². The fourth-order valence-electron chi connectivity index (χ4n) is 1.85. The van der Waals surface area contributed by atoms with Crippen molar-refractivity contribution < 1.29 is 38.4 Å². The van der Waals surface area contributed by atoms with Crippen molar-refractivity contribution in [3.63, 3.8) is 0 Å². The SMILES string of the molecule is CCC(=O)O[C@@H]1[C@@H](OC(=O)CC)[C@H](OC(=O)CC)CO[C@@H]1O. The molecule has 0 aromatic carbocycles. The summed E-state index contributed by atoms with van der Waals surface area (Å²) in [6.45, 7) is 4.63. The molecule has 0 unspecified atom stereocenters. The second-order valence-corrected chi connectivity index (χ2v) is 4.72. The van der Waals surface area contributed by atoms with Gasteiger partial charge in [-0.05, 0) is 0 Å². The van der Waals surface area contributed by atoms with Crippen LogP contribution in [0.15, 0.2) is 0 Å². The molecule has 0 aliphatic carbocycles. The fourth-order valence-corrected chi connectivity index (χ4v) is 1.85. The lowest BCUT2D eigenvalue weighted by atomic mass is 10.0. The van der Waals surface area contributed by atoms with E-state index in [0.29, 0.717) is 0 Å². The Morgan fingerprint density at radius 2 is 1.36 bits per heavy atom. The van der Waals surface area contributed by atoms with Crippen molar-refractivity contribution in [1.29, 1.82) is 0 Å². The van der Waals surface area contributed by atoms with Gasteiger partial charge < -0.3 is 24.1 Å². The average molecular weight is 318 g/mol. The molecule has 22 heavy (non-hydrogen) atoms. The number of aliphatic hydroxyl groups is 1. The van der Waals surface area contributed by atoms with E-state index >= 15 is 0 Å². The molecule has 0 spiro atoms. The van der Waals surface area contributed by atoms with Crippen molar-refractivity contribution in [2.45, 2.75) is 64.6 Å². The highest BCUT2D eigenvalue weighted by molar-refractivity contribution is 5.71. The van der Waals surface area contributed by atoms with E-state index in [-0.39, 0.29) is 25.9 Å². The number of aliphatic hydroxyl groups excluding tert-OH is 1. The molecule has 4 atom stereocenters. The summed E-state index contributed by atoms with van der Waals surface area (Å²) in [6.07, 6.45) is -4.45.